The van der Waals surface area contributed by atoms with Crippen LogP contribution in [0, 0.1) is 0 Å². The molecule has 0 aliphatic carbocycles. The lowest BCUT2D eigenvalue weighted by Crippen LogP contribution is -3.00. The van der Waals surface area contributed by atoms with Gasteiger partial charge in [-0.1, -0.05) is 59.8 Å². The fourth-order valence-electron chi connectivity index (χ4n) is 3.72. The summed E-state index contributed by atoms with van der Waals surface area (Å²) in [5.41, 5.74) is 0. The van der Waals surface area contributed by atoms with Crippen LogP contribution < -0.4 is 12.4 Å². The molecule has 0 saturated carbocycles. The highest BCUT2D eigenvalue weighted by Gasteiger charge is 2.34. The summed E-state index contributed by atoms with van der Waals surface area (Å²) in [5.74, 6) is 0. The molecule has 1 saturated heterocycles. The van der Waals surface area contributed by atoms with Gasteiger partial charge in [-0.3, -0.25) is 0 Å². The molecule has 1 aliphatic heterocycles. The van der Waals surface area contributed by atoms with Gasteiger partial charge in [-0.25, -0.2) is 0 Å². The summed E-state index contributed by atoms with van der Waals surface area (Å²) >= 11 is 0. The van der Waals surface area contributed by atoms with Crippen molar-refractivity contribution in [1.82, 2.24) is 0 Å². The monoisotopic (exact) mass is 424 g/mol. The van der Waals surface area contributed by atoms with Crippen LogP contribution in [0.15, 0.2) is 0 Å². The Morgan fingerprint density at radius 2 is 1.08 bits per heavy atom. The summed E-state index contributed by atoms with van der Waals surface area (Å²) in [6.07, 6.45) is 20.6. The van der Waals surface area contributed by atoms with Gasteiger partial charge < -0.3 is 16.8 Å². The van der Waals surface area contributed by atoms with Crippen LogP contribution >= 0.6 is 7.26 Å². The molecule has 0 spiro atoms. The average molecular weight is 425 g/mol. The first kappa shape index (κ1) is 29.1. The van der Waals surface area contributed by atoms with Gasteiger partial charge in [0.15, 0.2) is 8.32 Å². The fraction of sp³-hybridized carbons (Fsp3) is 1.00. The zero-order chi connectivity index (χ0) is 19.0. The molecule has 0 bridgehead atoms. The van der Waals surface area contributed by atoms with Crippen LogP contribution in [0.1, 0.15) is 91.9 Å². The summed E-state index contributed by atoms with van der Waals surface area (Å²) < 4.78 is 5.60. The minimum absolute atomic E-state index is 0. The first-order chi connectivity index (χ1) is 11.9. The summed E-state index contributed by atoms with van der Waals surface area (Å²) in [4.78, 5) is 0. The lowest BCUT2D eigenvalue weighted by Gasteiger charge is -2.28. The molecule has 0 aromatic rings. The van der Waals surface area contributed by atoms with Crippen LogP contribution in [-0.2, 0) is 4.43 Å². The Morgan fingerprint density at radius 3 is 1.27 bits per heavy atom. The normalized spacial score (nSPS) is 16.4. The van der Waals surface area contributed by atoms with Crippen molar-refractivity contribution in [1.29, 1.82) is 0 Å². The third-order valence-corrected chi connectivity index (χ3v) is 13.2. The topological polar surface area (TPSA) is 9.23 Å². The molecule has 160 valence electrons. The van der Waals surface area contributed by atoms with Crippen molar-refractivity contribution in [2.75, 3.05) is 31.3 Å². The molecule has 1 rings (SSSR count). The van der Waals surface area contributed by atoms with Crippen LogP contribution in [0.5, 0.6) is 0 Å². The van der Waals surface area contributed by atoms with E-state index in [1.807, 2.05) is 0 Å². The van der Waals surface area contributed by atoms with E-state index in [4.69, 9.17) is 4.43 Å². The van der Waals surface area contributed by atoms with Crippen molar-refractivity contribution in [2.24, 2.45) is 0 Å². The van der Waals surface area contributed by atoms with Gasteiger partial charge in [-0.05, 0) is 51.2 Å². The predicted molar refractivity (Wildman–Crippen MR) is 123 cm³/mol. The van der Waals surface area contributed by atoms with Crippen molar-refractivity contribution in [2.45, 2.75) is 111 Å². The maximum Gasteiger partial charge on any atom is 0.186 e. The van der Waals surface area contributed by atoms with Crippen LogP contribution in [-0.4, -0.2) is 39.6 Å². The second kappa shape index (κ2) is 18.0. The van der Waals surface area contributed by atoms with E-state index >= 15 is 0 Å². The summed E-state index contributed by atoms with van der Waals surface area (Å²) in [7, 11) is -1.65. The van der Waals surface area contributed by atoms with Crippen molar-refractivity contribution in [3.8, 4) is 0 Å². The van der Waals surface area contributed by atoms with Crippen LogP contribution in [0.3, 0.4) is 0 Å². The second-order valence-electron chi connectivity index (χ2n) is 8.72. The highest BCUT2D eigenvalue weighted by Crippen LogP contribution is 2.61. The third kappa shape index (κ3) is 14.9. The first-order valence-electron chi connectivity index (χ1n) is 11.4. The maximum atomic E-state index is 5.60. The lowest BCUT2D eigenvalue weighted by molar-refractivity contribution is -0.00000700. The van der Waals surface area contributed by atoms with Crippen molar-refractivity contribution >= 4 is 15.6 Å². The Morgan fingerprint density at radius 1 is 0.692 bits per heavy atom. The Labute approximate surface area is 174 Å². The van der Waals surface area contributed by atoms with E-state index in [0.29, 0.717) is 0 Å². The van der Waals surface area contributed by atoms with Gasteiger partial charge in [0.05, 0.1) is 24.6 Å². The molecule has 1 fully saturated rings. The zero-order valence-corrected chi connectivity index (χ0v) is 21.7. The number of hydrogen-bond donors (Lipinski definition) is 0. The van der Waals surface area contributed by atoms with Crippen molar-refractivity contribution in [3.05, 3.63) is 0 Å². The number of unbranched alkanes of at least 4 members (excludes halogenated alkanes) is 4. The summed E-state index contributed by atoms with van der Waals surface area (Å²) in [6.45, 7) is 15.0. The first-order valence-corrected chi connectivity index (χ1v) is 17.1. The minimum atomic E-state index is -1.09. The standard InChI is InChI=1S/C16H36P.C6H14OSi.ClH/c1-5-9-13-17(14-10-6-2,15-11-7-3)16-12-8-4;1-8(2)6-4-3-5-7-8;/h5-16H2,1-4H3;3-6H2,1-2H3;1H/q+1;;/p-1. The van der Waals surface area contributed by atoms with E-state index in [2.05, 4.69) is 40.8 Å². The highest BCUT2D eigenvalue weighted by atomic mass is 35.5. The molecular weight excluding hydrogens is 375 g/mol. The van der Waals surface area contributed by atoms with Gasteiger partial charge in [-0.2, -0.15) is 0 Å². The lowest BCUT2D eigenvalue weighted by atomic mass is 10.4. The smallest absolute Gasteiger partial charge is 0.186 e. The molecular formula is C22H50ClOPSi. The van der Waals surface area contributed by atoms with E-state index in [-0.39, 0.29) is 12.4 Å². The third-order valence-electron chi connectivity index (χ3n) is 5.61. The second-order valence-corrected chi connectivity index (χ2v) is 17.5. The van der Waals surface area contributed by atoms with Gasteiger partial charge in [0.2, 0.25) is 0 Å². The van der Waals surface area contributed by atoms with E-state index in [9.17, 15) is 0 Å². The molecule has 1 aliphatic rings. The SMILES string of the molecule is CCCC[P+](CCCC)(CCCC)CCCC.C[Si]1(C)CCCCO1.[Cl-]. The van der Waals surface area contributed by atoms with Gasteiger partial charge in [0.1, 0.15) is 0 Å². The fourth-order valence-corrected chi connectivity index (χ4v) is 11.0. The molecule has 0 amide bonds. The highest BCUT2D eigenvalue weighted by molar-refractivity contribution is 7.75. The van der Waals surface area contributed by atoms with Gasteiger partial charge in [-0.15, -0.1) is 0 Å². The average Bonchev–Trinajstić information content (AvgIpc) is 2.61. The number of halogens is 1. The van der Waals surface area contributed by atoms with Gasteiger partial charge in [0.25, 0.3) is 0 Å². The molecule has 0 atom stereocenters. The van der Waals surface area contributed by atoms with Crippen LogP contribution in [0.2, 0.25) is 19.1 Å². The van der Waals surface area contributed by atoms with Crippen molar-refractivity contribution < 1.29 is 16.8 Å². The Hall–Kier alpha value is 0.897. The van der Waals surface area contributed by atoms with E-state index in [1.54, 1.807) is 24.6 Å². The maximum absolute atomic E-state index is 5.60. The van der Waals surface area contributed by atoms with Gasteiger partial charge >= 0.3 is 0 Å². The van der Waals surface area contributed by atoms with E-state index < -0.39 is 15.6 Å². The van der Waals surface area contributed by atoms with E-state index in [0.717, 1.165) is 6.61 Å². The predicted octanol–water partition coefficient (Wildman–Crippen LogP) is 5.21. The molecule has 0 N–H and O–H groups in total. The minimum Gasteiger partial charge on any atom is -1.00 e. The Kier molecular flexibility index (Phi) is 20.1. The van der Waals surface area contributed by atoms with Gasteiger partial charge in [0, 0.05) is 13.9 Å². The summed E-state index contributed by atoms with van der Waals surface area (Å²) in [6, 6.07) is 1.37. The molecule has 0 aromatic heterocycles. The molecule has 26 heavy (non-hydrogen) atoms. The molecule has 1 heterocycles. The molecule has 0 unspecified atom stereocenters. The van der Waals surface area contributed by atoms with Crippen molar-refractivity contribution in [3.63, 3.8) is 0 Å². The zero-order valence-electron chi connectivity index (χ0n) is 19.0. The van der Waals surface area contributed by atoms with Crippen LogP contribution in [0.4, 0.5) is 0 Å². The number of hydrogen-bond acceptors (Lipinski definition) is 1. The molecule has 0 aromatic carbocycles. The molecule has 1 nitrogen and oxygen atoms in total. The summed E-state index contributed by atoms with van der Waals surface area (Å²) in [5, 5.41) is 0. The van der Waals surface area contributed by atoms with E-state index in [1.165, 1.54) is 70.3 Å². The number of rotatable bonds is 12. The van der Waals surface area contributed by atoms with Crippen LogP contribution in [0.25, 0.3) is 0 Å². The molecule has 0 radical (unpaired) electrons. The molecule has 4 heteroatoms. The quantitative estimate of drug-likeness (QED) is 0.308. The largest absolute Gasteiger partial charge is 1.00 e. The Balaban J connectivity index is 0. The Bertz CT molecular complexity index is 254.